The van der Waals surface area contributed by atoms with Crippen LogP contribution >= 0.6 is 11.9 Å². The summed E-state index contributed by atoms with van der Waals surface area (Å²) < 4.78 is 3.28. The second kappa shape index (κ2) is 11.0. The summed E-state index contributed by atoms with van der Waals surface area (Å²) in [4.78, 5) is 14.1. The van der Waals surface area contributed by atoms with Crippen molar-refractivity contribution in [3.8, 4) is 0 Å². The molecule has 0 radical (unpaired) electrons. The van der Waals surface area contributed by atoms with E-state index in [1.54, 1.807) is 12.1 Å². The molecule has 0 saturated heterocycles. The molecule has 0 amide bonds. The zero-order valence-electron chi connectivity index (χ0n) is 17.1. The van der Waals surface area contributed by atoms with Gasteiger partial charge in [-0.05, 0) is 74.6 Å². The molecule has 0 unspecified atom stereocenters. The van der Waals surface area contributed by atoms with E-state index in [1.165, 1.54) is 23.9 Å². The van der Waals surface area contributed by atoms with Gasteiger partial charge in [-0.1, -0.05) is 26.0 Å². The fourth-order valence-corrected chi connectivity index (χ4v) is 3.48. The maximum atomic E-state index is 11.5. The molecule has 0 aliphatic rings. The van der Waals surface area contributed by atoms with Crippen molar-refractivity contribution >= 4 is 29.0 Å². The van der Waals surface area contributed by atoms with Crippen LogP contribution < -0.4 is 10.0 Å². The van der Waals surface area contributed by atoms with Crippen LogP contribution in [-0.4, -0.2) is 30.5 Å². The maximum Gasteiger partial charge on any atom is 0.293 e. The first-order valence-electron chi connectivity index (χ1n) is 9.54. The lowest BCUT2D eigenvalue weighted by atomic mass is 10.1. The largest absolute Gasteiger partial charge is 0.350 e. The minimum Gasteiger partial charge on any atom is -0.350 e. The highest BCUT2D eigenvalue weighted by atomic mass is 32.2. The Morgan fingerprint density at radius 2 is 1.86 bits per heavy atom. The topological polar surface area (TPSA) is 70.4 Å². The van der Waals surface area contributed by atoms with E-state index >= 15 is 0 Å². The molecule has 2 aromatic rings. The monoisotopic (exact) mass is 402 g/mol. The summed E-state index contributed by atoms with van der Waals surface area (Å²) in [6, 6.07) is 13.2. The fourth-order valence-electron chi connectivity index (χ4n) is 2.76. The Hall–Kier alpha value is -2.09. The van der Waals surface area contributed by atoms with Gasteiger partial charge in [0, 0.05) is 29.7 Å². The van der Waals surface area contributed by atoms with Crippen molar-refractivity contribution < 1.29 is 4.92 Å². The number of hydrogen-bond donors (Lipinski definition) is 2. The molecule has 2 N–H and O–H groups in total. The highest BCUT2D eigenvalue weighted by Gasteiger charge is 2.15. The lowest BCUT2D eigenvalue weighted by Crippen LogP contribution is -2.10. The molecule has 0 heterocycles. The highest BCUT2D eigenvalue weighted by molar-refractivity contribution is 7.97. The van der Waals surface area contributed by atoms with Gasteiger partial charge in [0.2, 0.25) is 0 Å². The quantitative estimate of drug-likeness (QED) is 0.226. The average Bonchev–Trinajstić information content (AvgIpc) is 2.63. The lowest BCUT2D eigenvalue weighted by Gasteiger charge is -2.12. The molecule has 28 heavy (non-hydrogen) atoms. The normalized spacial score (nSPS) is 11.2. The lowest BCUT2D eigenvalue weighted by molar-refractivity contribution is -0.384. The van der Waals surface area contributed by atoms with Crippen LogP contribution in [0.3, 0.4) is 0 Å². The molecule has 152 valence electrons. The van der Waals surface area contributed by atoms with Crippen LogP contribution in [0.1, 0.15) is 32.3 Å². The molecule has 0 spiro atoms. The van der Waals surface area contributed by atoms with E-state index in [4.69, 9.17) is 0 Å². The van der Waals surface area contributed by atoms with Gasteiger partial charge in [-0.25, -0.2) is 0 Å². The summed E-state index contributed by atoms with van der Waals surface area (Å²) in [7, 11) is 4.04. The third-order valence-electron chi connectivity index (χ3n) is 4.15. The van der Waals surface area contributed by atoms with E-state index in [2.05, 4.69) is 28.8 Å². The third kappa shape index (κ3) is 7.50. The summed E-state index contributed by atoms with van der Waals surface area (Å²) in [5, 5.41) is 14.7. The predicted octanol–water partition coefficient (Wildman–Crippen LogP) is 5.43. The molecule has 0 saturated carbocycles. The fraction of sp³-hybridized carbons (Fsp3) is 0.429. The second-order valence-corrected chi connectivity index (χ2v) is 8.49. The zero-order chi connectivity index (χ0) is 20.5. The van der Waals surface area contributed by atoms with Gasteiger partial charge in [-0.15, -0.1) is 0 Å². The number of nitrogens with one attached hydrogen (secondary N) is 2. The number of nitro groups is 1. The van der Waals surface area contributed by atoms with Crippen LogP contribution in [0.4, 0.5) is 17.1 Å². The van der Waals surface area contributed by atoms with Crippen molar-refractivity contribution in [3.05, 3.63) is 58.1 Å². The van der Waals surface area contributed by atoms with Crippen molar-refractivity contribution in [2.75, 3.05) is 26.0 Å². The molecule has 0 aliphatic heterocycles. The van der Waals surface area contributed by atoms with Crippen molar-refractivity contribution in [2.24, 2.45) is 5.92 Å². The molecule has 6 nitrogen and oxygen atoms in total. The SMILES string of the molecule is CC(C)CCCNSc1ccc(Nc2ccc(CN(C)C)cc2)c([N+](=O)[O-])c1. The van der Waals surface area contributed by atoms with Crippen molar-refractivity contribution in [3.63, 3.8) is 0 Å². The standard InChI is InChI=1S/C21H30N4O2S/c1-16(2)6-5-13-22-28-19-11-12-20(21(14-19)25(26)27)23-18-9-7-17(8-10-18)15-24(3)4/h7-12,14,16,22-23H,5-6,13,15H2,1-4H3. The van der Waals surface area contributed by atoms with Crippen molar-refractivity contribution in [1.29, 1.82) is 0 Å². The molecule has 2 rings (SSSR count). The summed E-state index contributed by atoms with van der Waals surface area (Å²) in [5.74, 6) is 0.690. The van der Waals surface area contributed by atoms with Crippen LogP contribution in [0.15, 0.2) is 47.4 Å². The van der Waals surface area contributed by atoms with Crippen LogP contribution in [0.2, 0.25) is 0 Å². The van der Waals surface area contributed by atoms with Gasteiger partial charge in [0.15, 0.2) is 0 Å². The Labute approximate surface area is 172 Å². The number of anilines is 2. The van der Waals surface area contributed by atoms with Gasteiger partial charge in [-0.3, -0.25) is 14.8 Å². The number of nitrogens with zero attached hydrogens (tertiary/aromatic N) is 2. The number of nitro benzene ring substituents is 1. The maximum absolute atomic E-state index is 11.5. The molecular formula is C21H30N4O2S. The van der Waals surface area contributed by atoms with Gasteiger partial charge in [-0.2, -0.15) is 0 Å². The van der Waals surface area contributed by atoms with Crippen molar-refractivity contribution in [2.45, 2.75) is 38.1 Å². The third-order valence-corrected chi connectivity index (χ3v) is 4.99. The van der Waals surface area contributed by atoms with Gasteiger partial charge < -0.3 is 10.2 Å². The molecule has 2 aromatic carbocycles. The first-order valence-corrected chi connectivity index (χ1v) is 10.4. The van der Waals surface area contributed by atoms with E-state index in [0.29, 0.717) is 11.6 Å². The Bertz CT molecular complexity index is 764. The second-order valence-electron chi connectivity index (χ2n) is 7.53. The average molecular weight is 403 g/mol. The molecular weight excluding hydrogens is 372 g/mol. The Morgan fingerprint density at radius 1 is 1.14 bits per heavy atom. The first kappa shape index (κ1) is 22.2. The van der Waals surface area contributed by atoms with E-state index in [-0.39, 0.29) is 10.6 Å². The Morgan fingerprint density at radius 3 is 2.46 bits per heavy atom. The van der Waals surface area contributed by atoms with Gasteiger partial charge in [0.05, 0.1) is 4.92 Å². The Balaban J connectivity index is 2.01. The summed E-state index contributed by atoms with van der Waals surface area (Å²) >= 11 is 1.44. The van der Waals surface area contributed by atoms with E-state index in [1.807, 2.05) is 44.4 Å². The molecule has 7 heteroatoms. The van der Waals surface area contributed by atoms with Crippen LogP contribution in [-0.2, 0) is 6.54 Å². The Kier molecular flexibility index (Phi) is 8.76. The van der Waals surface area contributed by atoms with E-state index in [0.717, 1.165) is 30.1 Å². The van der Waals surface area contributed by atoms with E-state index < -0.39 is 0 Å². The summed E-state index contributed by atoms with van der Waals surface area (Å²) in [5.41, 5.74) is 2.60. The summed E-state index contributed by atoms with van der Waals surface area (Å²) in [6.07, 6.45) is 2.26. The van der Waals surface area contributed by atoms with Crippen LogP contribution in [0, 0.1) is 16.0 Å². The zero-order valence-corrected chi connectivity index (χ0v) is 17.9. The minimum absolute atomic E-state index is 0.0753. The number of rotatable bonds is 11. The van der Waals surface area contributed by atoms with Crippen LogP contribution in [0.25, 0.3) is 0 Å². The molecule has 0 atom stereocenters. The van der Waals surface area contributed by atoms with Gasteiger partial charge in [0.1, 0.15) is 5.69 Å². The van der Waals surface area contributed by atoms with Crippen LogP contribution in [0.5, 0.6) is 0 Å². The number of hydrogen-bond acceptors (Lipinski definition) is 6. The van der Waals surface area contributed by atoms with E-state index in [9.17, 15) is 10.1 Å². The molecule has 0 aliphatic carbocycles. The predicted molar refractivity (Wildman–Crippen MR) is 118 cm³/mol. The van der Waals surface area contributed by atoms with Gasteiger partial charge in [0.25, 0.3) is 5.69 Å². The van der Waals surface area contributed by atoms with Crippen molar-refractivity contribution in [1.82, 2.24) is 9.62 Å². The molecule has 0 bridgehead atoms. The molecule has 0 aromatic heterocycles. The highest BCUT2D eigenvalue weighted by Crippen LogP contribution is 2.31. The minimum atomic E-state index is -0.342. The first-order chi connectivity index (χ1) is 13.3. The molecule has 0 fully saturated rings. The summed E-state index contributed by atoms with van der Waals surface area (Å²) in [6.45, 7) is 6.16. The number of benzene rings is 2. The van der Waals surface area contributed by atoms with Gasteiger partial charge >= 0.3 is 0 Å². The smallest absolute Gasteiger partial charge is 0.293 e.